The van der Waals surface area contributed by atoms with Crippen LogP contribution < -0.4 is 15.4 Å². The quantitative estimate of drug-likeness (QED) is 0.645. The lowest BCUT2D eigenvalue weighted by atomic mass is 10.2. The van der Waals surface area contributed by atoms with Crippen molar-refractivity contribution >= 4 is 17.5 Å². The minimum atomic E-state index is -0.397. The SMILES string of the molecule is CC(C)Oc1ccc(NC(=O)c2cc(C(=O)NCc3ccncc3)ccn2)cc1. The standard InChI is InChI=1S/C22H22N4O3/c1-15(2)29-19-5-3-18(4-6-19)26-22(28)20-13-17(9-12-24-20)21(27)25-14-16-7-10-23-11-8-16/h3-13,15H,14H2,1-2H3,(H,25,27)(H,26,28). The van der Waals surface area contributed by atoms with E-state index < -0.39 is 5.91 Å². The highest BCUT2D eigenvalue weighted by molar-refractivity contribution is 6.04. The monoisotopic (exact) mass is 390 g/mol. The van der Waals surface area contributed by atoms with Crippen LogP contribution in [0.15, 0.2) is 67.1 Å². The van der Waals surface area contributed by atoms with Crippen LogP contribution >= 0.6 is 0 Å². The molecule has 3 rings (SSSR count). The Labute approximate surface area is 169 Å². The zero-order valence-corrected chi connectivity index (χ0v) is 16.3. The molecule has 3 aromatic rings. The zero-order chi connectivity index (χ0) is 20.6. The number of benzene rings is 1. The molecule has 0 aliphatic carbocycles. The summed E-state index contributed by atoms with van der Waals surface area (Å²) in [6.07, 6.45) is 4.85. The van der Waals surface area contributed by atoms with Gasteiger partial charge in [-0.25, -0.2) is 0 Å². The topological polar surface area (TPSA) is 93.2 Å². The second-order valence-corrected chi connectivity index (χ2v) is 6.61. The van der Waals surface area contributed by atoms with Crippen molar-refractivity contribution < 1.29 is 14.3 Å². The van der Waals surface area contributed by atoms with Crippen molar-refractivity contribution in [2.75, 3.05) is 5.32 Å². The molecule has 1 aromatic carbocycles. The Hall–Kier alpha value is -3.74. The number of aromatic nitrogens is 2. The molecule has 7 heteroatoms. The zero-order valence-electron chi connectivity index (χ0n) is 16.3. The molecule has 7 nitrogen and oxygen atoms in total. The third-order valence-corrected chi connectivity index (χ3v) is 3.94. The highest BCUT2D eigenvalue weighted by atomic mass is 16.5. The summed E-state index contributed by atoms with van der Waals surface area (Å²) in [5.74, 6) is 0.0451. The molecule has 2 N–H and O–H groups in total. The van der Waals surface area contributed by atoms with Crippen LogP contribution in [-0.2, 0) is 6.54 Å². The molecular formula is C22H22N4O3. The largest absolute Gasteiger partial charge is 0.491 e. The highest BCUT2D eigenvalue weighted by Gasteiger charge is 2.12. The molecule has 29 heavy (non-hydrogen) atoms. The number of carbonyl (C=O) groups excluding carboxylic acids is 2. The van der Waals surface area contributed by atoms with Crippen LogP contribution in [0.1, 0.15) is 40.3 Å². The molecule has 0 unspecified atom stereocenters. The number of nitrogens with one attached hydrogen (secondary N) is 2. The summed E-state index contributed by atoms with van der Waals surface area (Å²) in [7, 11) is 0. The summed E-state index contributed by atoms with van der Waals surface area (Å²) in [5.41, 5.74) is 2.06. The van der Waals surface area contributed by atoms with Gasteiger partial charge in [-0.15, -0.1) is 0 Å². The number of pyridine rings is 2. The van der Waals surface area contributed by atoms with Crippen molar-refractivity contribution in [3.8, 4) is 5.75 Å². The van der Waals surface area contributed by atoms with Crippen LogP contribution in [0.2, 0.25) is 0 Å². The molecule has 2 aromatic heterocycles. The Balaban J connectivity index is 1.62. The van der Waals surface area contributed by atoms with Gasteiger partial charge in [0.05, 0.1) is 6.10 Å². The molecule has 0 saturated carbocycles. The Bertz CT molecular complexity index is 973. The Kier molecular flexibility index (Phi) is 6.52. The van der Waals surface area contributed by atoms with Gasteiger partial charge < -0.3 is 15.4 Å². The predicted octanol–water partition coefficient (Wildman–Crippen LogP) is 3.45. The van der Waals surface area contributed by atoms with E-state index in [1.54, 1.807) is 42.7 Å². The third kappa shape index (κ3) is 5.87. The lowest BCUT2D eigenvalue weighted by Crippen LogP contribution is -2.23. The van der Waals surface area contributed by atoms with Gasteiger partial charge in [0.1, 0.15) is 11.4 Å². The molecular weight excluding hydrogens is 368 g/mol. The van der Waals surface area contributed by atoms with E-state index in [2.05, 4.69) is 20.6 Å². The van der Waals surface area contributed by atoms with E-state index in [0.717, 1.165) is 11.3 Å². The number of rotatable bonds is 7. The van der Waals surface area contributed by atoms with E-state index in [1.165, 1.54) is 12.3 Å². The van der Waals surface area contributed by atoms with Gasteiger partial charge in [0, 0.05) is 36.4 Å². The summed E-state index contributed by atoms with van der Waals surface area (Å²) in [4.78, 5) is 32.9. The molecule has 0 saturated heterocycles. The Morgan fingerprint density at radius 2 is 1.69 bits per heavy atom. The first kappa shape index (κ1) is 20.0. The average molecular weight is 390 g/mol. The fourth-order valence-electron chi connectivity index (χ4n) is 2.57. The number of hydrogen-bond acceptors (Lipinski definition) is 5. The molecule has 0 spiro atoms. The van der Waals surface area contributed by atoms with Crippen molar-refractivity contribution in [3.63, 3.8) is 0 Å². The first-order valence-corrected chi connectivity index (χ1v) is 9.22. The maximum Gasteiger partial charge on any atom is 0.274 e. The van der Waals surface area contributed by atoms with E-state index in [9.17, 15) is 9.59 Å². The second kappa shape index (κ2) is 9.45. The maximum absolute atomic E-state index is 12.5. The molecule has 0 bridgehead atoms. The Morgan fingerprint density at radius 3 is 2.38 bits per heavy atom. The van der Waals surface area contributed by atoms with Gasteiger partial charge in [-0.2, -0.15) is 0 Å². The number of carbonyl (C=O) groups is 2. The third-order valence-electron chi connectivity index (χ3n) is 3.94. The van der Waals surface area contributed by atoms with Gasteiger partial charge >= 0.3 is 0 Å². The molecule has 0 aliphatic heterocycles. The van der Waals surface area contributed by atoms with Gasteiger partial charge in [-0.1, -0.05) is 0 Å². The molecule has 2 amide bonds. The minimum absolute atomic E-state index is 0.0760. The van der Waals surface area contributed by atoms with Gasteiger partial charge in [0.25, 0.3) is 11.8 Å². The van der Waals surface area contributed by atoms with Crippen LogP contribution in [0.25, 0.3) is 0 Å². The van der Waals surface area contributed by atoms with Crippen LogP contribution in [-0.4, -0.2) is 27.9 Å². The van der Waals surface area contributed by atoms with E-state index >= 15 is 0 Å². The number of ether oxygens (including phenoxy) is 1. The Morgan fingerprint density at radius 1 is 0.966 bits per heavy atom. The molecule has 0 radical (unpaired) electrons. The van der Waals surface area contributed by atoms with E-state index in [-0.39, 0.29) is 17.7 Å². The summed E-state index contributed by atoms with van der Waals surface area (Å²) >= 11 is 0. The van der Waals surface area contributed by atoms with Crippen molar-refractivity contribution in [2.24, 2.45) is 0 Å². The predicted molar refractivity (Wildman–Crippen MR) is 110 cm³/mol. The van der Waals surface area contributed by atoms with Gasteiger partial charge in [0.2, 0.25) is 0 Å². The van der Waals surface area contributed by atoms with Crippen molar-refractivity contribution in [3.05, 3.63) is 83.9 Å². The van der Waals surface area contributed by atoms with E-state index in [0.29, 0.717) is 17.8 Å². The average Bonchev–Trinajstić information content (AvgIpc) is 2.74. The van der Waals surface area contributed by atoms with Crippen LogP contribution in [0.4, 0.5) is 5.69 Å². The van der Waals surface area contributed by atoms with Gasteiger partial charge in [-0.3, -0.25) is 19.6 Å². The van der Waals surface area contributed by atoms with Gasteiger partial charge in [0.15, 0.2) is 0 Å². The molecule has 2 heterocycles. The van der Waals surface area contributed by atoms with Crippen molar-refractivity contribution in [2.45, 2.75) is 26.5 Å². The first-order valence-electron chi connectivity index (χ1n) is 9.22. The minimum Gasteiger partial charge on any atom is -0.491 e. The van der Waals surface area contributed by atoms with Crippen LogP contribution in [0, 0.1) is 0 Å². The molecule has 0 aliphatic rings. The number of anilines is 1. The lowest BCUT2D eigenvalue weighted by molar-refractivity contribution is 0.0950. The summed E-state index contributed by atoms with van der Waals surface area (Å²) < 4.78 is 5.58. The van der Waals surface area contributed by atoms with Crippen molar-refractivity contribution in [1.29, 1.82) is 0 Å². The highest BCUT2D eigenvalue weighted by Crippen LogP contribution is 2.17. The van der Waals surface area contributed by atoms with Crippen molar-refractivity contribution in [1.82, 2.24) is 15.3 Å². The smallest absolute Gasteiger partial charge is 0.274 e. The number of nitrogens with zero attached hydrogens (tertiary/aromatic N) is 2. The molecule has 0 atom stereocenters. The molecule has 0 fully saturated rings. The van der Waals surface area contributed by atoms with Crippen LogP contribution in [0.3, 0.4) is 0 Å². The second-order valence-electron chi connectivity index (χ2n) is 6.61. The fourth-order valence-corrected chi connectivity index (χ4v) is 2.57. The normalized spacial score (nSPS) is 10.4. The number of hydrogen-bond donors (Lipinski definition) is 2. The maximum atomic E-state index is 12.5. The van der Waals surface area contributed by atoms with Crippen LogP contribution in [0.5, 0.6) is 5.75 Å². The fraction of sp³-hybridized carbons (Fsp3) is 0.182. The van der Waals surface area contributed by atoms with E-state index in [4.69, 9.17) is 4.74 Å². The van der Waals surface area contributed by atoms with Gasteiger partial charge in [-0.05, 0) is 67.9 Å². The number of amides is 2. The first-order chi connectivity index (χ1) is 14.0. The summed E-state index contributed by atoms with van der Waals surface area (Å²) in [6, 6.07) is 13.7. The lowest BCUT2D eigenvalue weighted by Gasteiger charge is -2.11. The molecule has 148 valence electrons. The van der Waals surface area contributed by atoms with E-state index in [1.807, 2.05) is 26.0 Å². The summed E-state index contributed by atoms with van der Waals surface area (Å²) in [6.45, 7) is 4.26. The summed E-state index contributed by atoms with van der Waals surface area (Å²) in [5, 5.41) is 5.58.